The number of ketones is 2. The van der Waals surface area contributed by atoms with E-state index in [1.807, 2.05) is 49.1 Å². The summed E-state index contributed by atoms with van der Waals surface area (Å²) in [6, 6.07) is 7.87. The van der Waals surface area contributed by atoms with Gasteiger partial charge in [0.2, 0.25) is 0 Å². The quantitative estimate of drug-likeness (QED) is 0.436. The smallest absolute Gasteiger partial charge is 0.170 e. The van der Waals surface area contributed by atoms with Gasteiger partial charge in [-0.15, -0.1) is 11.8 Å². The zero-order chi connectivity index (χ0) is 17.3. The van der Waals surface area contributed by atoms with Crippen LogP contribution in [0.3, 0.4) is 0 Å². The third-order valence-electron chi connectivity index (χ3n) is 4.40. The van der Waals surface area contributed by atoms with E-state index in [0.29, 0.717) is 12.1 Å². The second-order valence-corrected chi connectivity index (χ2v) is 7.33. The first-order chi connectivity index (χ1) is 11.5. The molecule has 1 fully saturated rings. The Morgan fingerprint density at radius 1 is 1.25 bits per heavy atom. The number of aryl methyl sites for hydroxylation is 2. The van der Waals surface area contributed by atoms with Crippen molar-refractivity contribution in [2.45, 2.75) is 44.6 Å². The van der Waals surface area contributed by atoms with E-state index in [0.717, 1.165) is 34.7 Å². The van der Waals surface area contributed by atoms with Crippen molar-refractivity contribution in [1.82, 2.24) is 9.78 Å². The molecule has 2 aromatic rings. The summed E-state index contributed by atoms with van der Waals surface area (Å²) in [5.74, 6) is 0.140. The maximum absolute atomic E-state index is 12.6. The van der Waals surface area contributed by atoms with Crippen LogP contribution >= 0.6 is 11.8 Å². The van der Waals surface area contributed by atoms with Gasteiger partial charge in [0.25, 0.3) is 0 Å². The average molecular weight is 342 g/mol. The molecule has 1 aromatic heterocycles. The molecular formula is C19H22N2O2S. The normalized spacial score (nSPS) is 14.0. The molecule has 1 aliphatic rings. The average Bonchev–Trinajstić information content (AvgIpc) is 3.34. The molecule has 0 aliphatic heterocycles. The topological polar surface area (TPSA) is 52.0 Å². The van der Waals surface area contributed by atoms with Gasteiger partial charge in [0, 0.05) is 22.1 Å². The van der Waals surface area contributed by atoms with Gasteiger partial charge in [-0.25, -0.2) is 0 Å². The standard InChI is InChI=1S/C19H22N2O2S/c1-12-8-13(2)21(20-12)11-15-9-16(24-3)6-7-17(15)19(23)10-18(22)14-4-5-14/h6-9,14H,4-5,10-11H2,1-3H3. The van der Waals surface area contributed by atoms with Gasteiger partial charge in [0.05, 0.1) is 18.7 Å². The van der Waals surface area contributed by atoms with Gasteiger partial charge in [0.1, 0.15) is 5.78 Å². The minimum absolute atomic E-state index is 0.0212. The highest BCUT2D eigenvalue weighted by molar-refractivity contribution is 7.98. The van der Waals surface area contributed by atoms with Crippen molar-refractivity contribution in [3.05, 3.63) is 46.8 Å². The van der Waals surface area contributed by atoms with E-state index in [4.69, 9.17) is 0 Å². The number of hydrogen-bond donors (Lipinski definition) is 0. The Labute approximate surface area is 146 Å². The number of thioether (sulfide) groups is 1. The lowest BCUT2D eigenvalue weighted by molar-refractivity contribution is -0.119. The third-order valence-corrected chi connectivity index (χ3v) is 5.13. The van der Waals surface area contributed by atoms with Gasteiger partial charge in [-0.1, -0.05) is 0 Å². The second-order valence-electron chi connectivity index (χ2n) is 6.45. The molecule has 0 N–H and O–H groups in total. The number of rotatable bonds is 7. The molecule has 0 radical (unpaired) electrons. The Bertz CT molecular complexity index is 791. The summed E-state index contributed by atoms with van der Waals surface area (Å²) in [5, 5.41) is 4.49. The van der Waals surface area contributed by atoms with Crippen LogP contribution in [-0.4, -0.2) is 27.6 Å². The Morgan fingerprint density at radius 2 is 2.00 bits per heavy atom. The SMILES string of the molecule is CSc1ccc(C(=O)CC(=O)C2CC2)c(Cn2nc(C)cc2C)c1. The first-order valence-corrected chi connectivity index (χ1v) is 9.44. The summed E-state index contributed by atoms with van der Waals surface area (Å²) < 4.78 is 1.91. The molecule has 1 heterocycles. The van der Waals surface area contributed by atoms with Crippen LogP contribution in [0.15, 0.2) is 29.2 Å². The zero-order valence-corrected chi connectivity index (χ0v) is 15.2. The number of carbonyl (C=O) groups excluding carboxylic acids is 2. The highest BCUT2D eigenvalue weighted by Crippen LogP contribution is 2.31. The maximum atomic E-state index is 12.6. The zero-order valence-electron chi connectivity index (χ0n) is 14.3. The number of nitrogens with zero attached hydrogens (tertiary/aromatic N) is 2. The number of hydrogen-bond acceptors (Lipinski definition) is 4. The summed E-state index contributed by atoms with van der Waals surface area (Å²) in [6.07, 6.45) is 3.92. The van der Waals surface area contributed by atoms with E-state index in [2.05, 4.69) is 5.10 Å². The molecule has 0 bridgehead atoms. The maximum Gasteiger partial charge on any atom is 0.170 e. The molecule has 1 saturated carbocycles. The van der Waals surface area contributed by atoms with E-state index in [1.54, 1.807) is 11.8 Å². The number of aromatic nitrogens is 2. The van der Waals surface area contributed by atoms with Crippen molar-refractivity contribution in [2.24, 2.45) is 5.92 Å². The van der Waals surface area contributed by atoms with Crippen LogP contribution in [0.2, 0.25) is 0 Å². The fourth-order valence-corrected chi connectivity index (χ4v) is 3.36. The largest absolute Gasteiger partial charge is 0.299 e. The van der Waals surface area contributed by atoms with Crippen molar-refractivity contribution in [1.29, 1.82) is 0 Å². The van der Waals surface area contributed by atoms with Gasteiger partial charge in [0.15, 0.2) is 5.78 Å². The summed E-state index contributed by atoms with van der Waals surface area (Å²) in [5.41, 5.74) is 3.61. The molecule has 1 aromatic carbocycles. The lowest BCUT2D eigenvalue weighted by Crippen LogP contribution is -2.14. The summed E-state index contributed by atoms with van der Waals surface area (Å²) in [6.45, 7) is 4.52. The fraction of sp³-hybridized carbons (Fsp3) is 0.421. The number of carbonyl (C=O) groups is 2. The molecule has 126 valence electrons. The molecule has 0 unspecified atom stereocenters. The van der Waals surface area contributed by atoms with Crippen LogP contribution < -0.4 is 0 Å². The first-order valence-electron chi connectivity index (χ1n) is 8.22. The van der Waals surface area contributed by atoms with Gasteiger partial charge in [-0.05, 0) is 62.8 Å². The van der Waals surface area contributed by atoms with Crippen LogP contribution in [0.25, 0.3) is 0 Å². The molecule has 0 atom stereocenters. The Hall–Kier alpha value is -1.88. The van der Waals surface area contributed by atoms with Gasteiger partial charge >= 0.3 is 0 Å². The Balaban J connectivity index is 1.88. The van der Waals surface area contributed by atoms with E-state index < -0.39 is 0 Å². The molecule has 1 aliphatic carbocycles. The predicted octanol–water partition coefficient (Wildman–Crippen LogP) is 3.82. The summed E-state index contributed by atoms with van der Waals surface area (Å²) in [7, 11) is 0. The third kappa shape index (κ3) is 3.78. The van der Waals surface area contributed by atoms with Crippen molar-refractivity contribution >= 4 is 23.3 Å². The molecule has 0 spiro atoms. The monoisotopic (exact) mass is 342 g/mol. The minimum Gasteiger partial charge on any atom is -0.299 e. The van der Waals surface area contributed by atoms with Crippen molar-refractivity contribution in [3.8, 4) is 0 Å². The van der Waals surface area contributed by atoms with Crippen molar-refractivity contribution < 1.29 is 9.59 Å². The predicted molar refractivity (Wildman–Crippen MR) is 95.7 cm³/mol. The van der Waals surface area contributed by atoms with Gasteiger partial charge in [-0.3, -0.25) is 14.3 Å². The first kappa shape index (κ1) is 17.0. The van der Waals surface area contributed by atoms with Gasteiger partial charge in [-0.2, -0.15) is 5.10 Å². The van der Waals surface area contributed by atoms with Gasteiger partial charge < -0.3 is 0 Å². The molecule has 0 amide bonds. The molecule has 3 rings (SSSR count). The van der Waals surface area contributed by atoms with E-state index in [1.165, 1.54) is 0 Å². The highest BCUT2D eigenvalue weighted by atomic mass is 32.2. The minimum atomic E-state index is -0.0731. The van der Waals surface area contributed by atoms with Crippen molar-refractivity contribution in [3.63, 3.8) is 0 Å². The van der Waals surface area contributed by atoms with E-state index >= 15 is 0 Å². The Morgan fingerprint density at radius 3 is 2.58 bits per heavy atom. The summed E-state index contributed by atoms with van der Waals surface area (Å²) >= 11 is 1.64. The van der Waals surface area contributed by atoms with Crippen molar-refractivity contribution in [2.75, 3.05) is 6.26 Å². The van der Waals surface area contributed by atoms with Crippen LogP contribution in [0.4, 0.5) is 0 Å². The van der Waals surface area contributed by atoms with E-state index in [9.17, 15) is 9.59 Å². The van der Waals surface area contributed by atoms with Crippen LogP contribution in [-0.2, 0) is 11.3 Å². The van der Waals surface area contributed by atoms with Crippen LogP contribution in [0, 0.1) is 19.8 Å². The number of Topliss-reactive ketones (excluding diaryl/α,β-unsaturated/α-hetero) is 2. The summed E-state index contributed by atoms with van der Waals surface area (Å²) in [4.78, 5) is 25.7. The lowest BCUT2D eigenvalue weighted by atomic mass is 9.99. The lowest BCUT2D eigenvalue weighted by Gasteiger charge is -2.12. The van der Waals surface area contributed by atoms with Crippen LogP contribution in [0.5, 0.6) is 0 Å². The highest BCUT2D eigenvalue weighted by Gasteiger charge is 2.31. The molecule has 4 nitrogen and oxygen atoms in total. The number of benzene rings is 1. The Kier molecular flexibility index (Phi) is 4.90. The second kappa shape index (κ2) is 6.93. The van der Waals surface area contributed by atoms with E-state index in [-0.39, 0.29) is 23.9 Å². The fourth-order valence-electron chi connectivity index (χ4n) is 2.90. The molecule has 24 heavy (non-hydrogen) atoms. The molecule has 0 saturated heterocycles. The molecule has 5 heteroatoms. The van der Waals surface area contributed by atoms with Crippen LogP contribution in [0.1, 0.15) is 46.6 Å². The molecular weight excluding hydrogens is 320 g/mol.